The molecule has 0 aliphatic heterocycles. The van der Waals surface area contributed by atoms with E-state index in [2.05, 4.69) is 15.4 Å². The third-order valence-electron chi connectivity index (χ3n) is 3.47. The van der Waals surface area contributed by atoms with Crippen molar-refractivity contribution in [1.29, 1.82) is 0 Å². The molecule has 3 rings (SSSR count). The predicted octanol–water partition coefficient (Wildman–Crippen LogP) is 2.27. The third kappa shape index (κ3) is 3.78. The topological polar surface area (TPSA) is 52.0 Å². The number of hydrogen-bond acceptors (Lipinski definition) is 4. The highest BCUT2D eigenvalue weighted by Crippen LogP contribution is 2.21. The molecule has 2 aromatic rings. The molecule has 0 amide bonds. The van der Waals surface area contributed by atoms with E-state index in [1.165, 1.54) is 31.3 Å². The van der Waals surface area contributed by atoms with E-state index >= 15 is 0 Å². The van der Waals surface area contributed by atoms with E-state index in [4.69, 9.17) is 4.74 Å². The number of aromatic nitrogens is 3. The fourth-order valence-corrected chi connectivity index (χ4v) is 2.17. The van der Waals surface area contributed by atoms with Crippen LogP contribution >= 0.6 is 0 Å². The SMILES string of the molecule is CCn1ncnc1COc1cc(F)cc(CNC2CC2)c1. The minimum atomic E-state index is -0.281. The molecule has 1 aliphatic rings. The van der Waals surface area contributed by atoms with Gasteiger partial charge in [0.1, 0.15) is 24.5 Å². The number of ether oxygens (including phenoxy) is 1. The summed E-state index contributed by atoms with van der Waals surface area (Å²) in [6.07, 6.45) is 3.93. The van der Waals surface area contributed by atoms with Gasteiger partial charge in [-0.1, -0.05) is 0 Å². The number of aryl methyl sites for hydroxylation is 1. The molecule has 1 fully saturated rings. The highest BCUT2D eigenvalue weighted by Gasteiger charge is 2.20. The van der Waals surface area contributed by atoms with Gasteiger partial charge in [-0.25, -0.2) is 14.1 Å². The molecule has 5 nitrogen and oxygen atoms in total. The van der Waals surface area contributed by atoms with E-state index < -0.39 is 0 Å². The fraction of sp³-hybridized carbons (Fsp3) is 0.467. The zero-order valence-corrected chi connectivity index (χ0v) is 12.1. The van der Waals surface area contributed by atoms with Crippen LogP contribution < -0.4 is 10.1 Å². The highest BCUT2D eigenvalue weighted by atomic mass is 19.1. The van der Waals surface area contributed by atoms with Gasteiger partial charge in [-0.15, -0.1) is 0 Å². The maximum atomic E-state index is 13.6. The van der Waals surface area contributed by atoms with E-state index in [0.29, 0.717) is 18.3 Å². The first-order valence-electron chi connectivity index (χ1n) is 7.27. The van der Waals surface area contributed by atoms with E-state index in [0.717, 1.165) is 17.9 Å². The van der Waals surface area contributed by atoms with Crippen LogP contribution in [0.1, 0.15) is 31.2 Å². The Bertz CT molecular complexity index is 609. The van der Waals surface area contributed by atoms with Gasteiger partial charge in [-0.05, 0) is 37.5 Å². The molecule has 0 saturated heterocycles. The molecule has 0 unspecified atom stereocenters. The first-order chi connectivity index (χ1) is 10.2. The largest absolute Gasteiger partial charge is 0.486 e. The maximum Gasteiger partial charge on any atom is 0.164 e. The van der Waals surface area contributed by atoms with Crippen molar-refractivity contribution in [1.82, 2.24) is 20.1 Å². The Balaban J connectivity index is 1.63. The van der Waals surface area contributed by atoms with E-state index in [1.807, 2.05) is 13.0 Å². The molecular formula is C15H19FN4O. The zero-order chi connectivity index (χ0) is 14.7. The van der Waals surface area contributed by atoms with Crippen molar-refractivity contribution in [3.63, 3.8) is 0 Å². The molecule has 0 bridgehead atoms. The number of benzene rings is 1. The Morgan fingerprint density at radius 3 is 3.00 bits per heavy atom. The van der Waals surface area contributed by atoms with Gasteiger partial charge in [-0.3, -0.25) is 0 Å². The molecule has 1 aromatic heterocycles. The predicted molar refractivity (Wildman–Crippen MR) is 76.3 cm³/mol. The summed E-state index contributed by atoms with van der Waals surface area (Å²) in [5.41, 5.74) is 0.897. The van der Waals surface area contributed by atoms with Crippen LogP contribution in [-0.2, 0) is 19.7 Å². The van der Waals surface area contributed by atoms with Crippen LogP contribution in [0.2, 0.25) is 0 Å². The smallest absolute Gasteiger partial charge is 0.164 e. The van der Waals surface area contributed by atoms with E-state index in [1.54, 1.807) is 4.68 Å². The quantitative estimate of drug-likeness (QED) is 0.850. The van der Waals surface area contributed by atoms with Crippen LogP contribution in [0.5, 0.6) is 5.75 Å². The van der Waals surface area contributed by atoms with Crippen molar-refractivity contribution in [2.45, 2.75) is 45.5 Å². The minimum absolute atomic E-state index is 0.281. The molecule has 1 aliphatic carbocycles. The number of halogens is 1. The van der Waals surface area contributed by atoms with Crippen molar-refractivity contribution >= 4 is 0 Å². The van der Waals surface area contributed by atoms with Crippen LogP contribution in [0.25, 0.3) is 0 Å². The number of nitrogens with one attached hydrogen (secondary N) is 1. The van der Waals surface area contributed by atoms with Crippen LogP contribution in [0.4, 0.5) is 4.39 Å². The van der Waals surface area contributed by atoms with Crippen LogP contribution in [0.15, 0.2) is 24.5 Å². The first kappa shape index (κ1) is 14.0. The molecule has 1 heterocycles. The Labute approximate surface area is 123 Å². The average Bonchev–Trinajstić information content (AvgIpc) is 3.19. The van der Waals surface area contributed by atoms with Gasteiger partial charge in [0, 0.05) is 25.2 Å². The fourth-order valence-electron chi connectivity index (χ4n) is 2.17. The summed E-state index contributed by atoms with van der Waals surface area (Å²) in [7, 11) is 0. The van der Waals surface area contributed by atoms with Crippen molar-refractivity contribution in [3.8, 4) is 5.75 Å². The average molecular weight is 290 g/mol. The summed E-state index contributed by atoms with van der Waals surface area (Å²) >= 11 is 0. The Morgan fingerprint density at radius 2 is 2.24 bits per heavy atom. The molecule has 1 N–H and O–H groups in total. The van der Waals surface area contributed by atoms with Gasteiger partial charge in [-0.2, -0.15) is 5.10 Å². The van der Waals surface area contributed by atoms with Gasteiger partial charge < -0.3 is 10.1 Å². The Kier molecular flexibility index (Phi) is 4.15. The molecule has 6 heteroatoms. The lowest BCUT2D eigenvalue weighted by Gasteiger charge is -2.09. The van der Waals surface area contributed by atoms with Gasteiger partial charge in [0.2, 0.25) is 0 Å². The van der Waals surface area contributed by atoms with Gasteiger partial charge in [0.25, 0.3) is 0 Å². The zero-order valence-electron chi connectivity index (χ0n) is 12.1. The summed E-state index contributed by atoms with van der Waals surface area (Å²) in [5.74, 6) is 0.977. The third-order valence-corrected chi connectivity index (χ3v) is 3.47. The number of nitrogens with zero attached hydrogens (tertiary/aromatic N) is 3. The second kappa shape index (κ2) is 6.22. The van der Waals surface area contributed by atoms with Crippen molar-refractivity contribution in [2.24, 2.45) is 0 Å². The normalized spacial score (nSPS) is 14.4. The number of rotatable bonds is 7. The van der Waals surface area contributed by atoms with E-state index in [-0.39, 0.29) is 12.4 Å². The summed E-state index contributed by atoms with van der Waals surface area (Å²) in [6, 6.07) is 5.40. The van der Waals surface area contributed by atoms with Crippen LogP contribution in [-0.4, -0.2) is 20.8 Å². The van der Waals surface area contributed by atoms with Crippen molar-refractivity contribution in [2.75, 3.05) is 0 Å². The monoisotopic (exact) mass is 290 g/mol. The second-order valence-corrected chi connectivity index (χ2v) is 5.23. The number of hydrogen-bond donors (Lipinski definition) is 1. The molecule has 1 saturated carbocycles. The Hall–Kier alpha value is -1.95. The molecule has 1 aromatic carbocycles. The molecule has 112 valence electrons. The van der Waals surface area contributed by atoms with Gasteiger partial charge >= 0.3 is 0 Å². The lowest BCUT2D eigenvalue weighted by Crippen LogP contribution is -2.15. The minimum Gasteiger partial charge on any atom is -0.486 e. The molecule has 0 radical (unpaired) electrons. The molecule has 0 spiro atoms. The van der Waals surface area contributed by atoms with Gasteiger partial charge in [0.05, 0.1) is 0 Å². The molecular weight excluding hydrogens is 271 g/mol. The van der Waals surface area contributed by atoms with Crippen molar-refractivity contribution in [3.05, 3.63) is 41.7 Å². The molecule has 21 heavy (non-hydrogen) atoms. The van der Waals surface area contributed by atoms with E-state index in [9.17, 15) is 4.39 Å². The summed E-state index contributed by atoms with van der Waals surface area (Å²) < 4.78 is 21.0. The summed E-state index contributed by atoms with van der Waals surface area (Å²) in [5, 5.41) is 7.45. The summed E-state index contributed by atoms with van der Waals surface area (Å²) in [4.78, 5) is 4.14. The highest BCUT2D eigenvalue weighted by molar-refractivity contribution is 5.29. The van der Waals surface area contributed by atoms with Crippen LogP contribution in [0.3, 0.4) is 0 Å². The van der Waals surface area contributed by atoms with Gasteiger partial charge in [0.15, 0.2) is 5.82 Å². The molecule has 0 atom stereocenters. The van der Waals surface area contributed by atoms with Crippen LogP contribution in [0, 0.1) is 5.82 Å². The van der Waals surface area contributed by atoms with Crippen molar-refractivity contribution < 1.29 is 9.13 Å². The summed E-state index contributed by atoms with van der Waals surface area (Å²) in [6.45, 7) is 3.68. The lowest BCUT2D eigenvalue weighted by molar-refractivity contribution is 0.285. The first-order valence-corrected chi connectivity index (χ1v) is 7.27. The standard InChI is InChI=1S/C15H19FN4O/c1-2-20-15(18-10-19-20)9-21-14-6-11(5-12(16)7-14)8-17-13-3-4-13/h5-7,10,13,17H,2-4,8-9H2,1H3. The second-order valence-electron chi connectivity index (χ2n) is 5.23. The maximum absolute atomic E-state index is 13.6. The Morgan fingerprint density at radius 1 is 1.38 bits per heavy atom. The lowest BCUT2D eigenvalue weighted by atomic mass is 10.2.